The number of nitrogens with zero attached hydrogens (tertiary/aromatic N) is 2. The Morgan fingerprint density at radius 1 is 1.50 bits per heavy atom. The summed E-state index contributed by atoms with van der Waals surface area (Å²) in [6, 6.07) is 2.91. The van der Waals surface area contributed by atoms with Crippen molar-refractivity contribution in [3.05, 3.63) is 23.0 Å². The molecule has 0 saturated carbocycles. The Morgan fingerprint density at radius 2 is 2.33 bits per heavy atom. The van der Waals surface area contributed by atoms with E-state index in [1.807, 2.05) is 0 Å². The Labute approximate surface area is 114 Å². The molecular formula is C12H12ClFN2OS. The minimum Gasteiger partial charge on any atom is -0.506 e. The van der Waals surface area contributed by atoms with Gasteiger partial charge in [-0.1, -0.05) is 23.4 Å². The van der Waals surface area contributed by atoms with E-state index in [0.29, 0.717) is 6.04 Å². The molecule has 96 valence electrons. The standard InChI is InChI=1S/C12H12ClFN2OS/c13-8-4-9(14)10(5-11(8)17)15-12-16-3-1-2-7(16)6-18-12/h4-5,7,17H,1-3,6H2/b15-12-/t7-/m0/s1. The summed E-state index contributed by atoms with van der Waals surface area (Å²) in [4.78, 5) is 6.53. The lowest BCUT2D eigenvalue weighted by atomic mass is 10.2. The Hall–Kier alpha value is -0.940. The third-order valence-electron chi connectivity index (χ3n) is 3.26. The molecule has 2 saturated heterocycles. The first-order valence-corrected chi connectivity index (χ1v) is 7.17. The number of aliphatic imine (C=N–C) groups is 1. The zero-order valence-electron chi connectivity index (χ0n) is 9.57. The second-order valence-corrected chi connectivity index (χ2v) is 5.84. The van der Waals surface area contributed by atoms with Crippen molar-refractivity contribution in [3.8, 4) is 5.75 Å². The molecule has 6 heteroatoms. The fraction of sp³-hybridized carbons (Fsp3) is 0.417. The van der Waals surface area contributed by atoms with Crippen LogP contribution in [0.25, 0.3) is 0 Å². The fourth-order valence-corrected chi connectivity index (χ4v) is 3.73. The highest BCUT2D eigenvalue weighted by Gasteiger charge is 2.33. The van der Waals surface area contributed by atoms with Crippen molar-refractivity contribution < 1.29 is 9.50 Å². The summed E-state index contributed by atoms with van der Waals surface area (Å²) in [5.74, 6) is 0.368. The minimum absolute atomic E-state index is 0.00886. The SMILES string of the molecule is Oc1cc(/N=C2\SC[C@@H]3CCCN23)c(F)cc1Cl. The van der Waals surface area contributed by atoms with Gasteiger partial charge in [0.15, 0.2) is 11.0 Å². The van der Waals surface area contributed by atoms with Crippen molar-refractivity contribution in [1.29, 1.82) is 0 Å². The molecule has 18 heavy (non-hydrogen) atoms. The molecule has 3 nitrogen and oxygen atoms in total. The van der Waals surface area contributed by atoms with Crippen molar-refractivity contribution in [2.24, 2.45) is 4.99 Å². The summed E-state index contributed by atoms with van der Waals surface area (Å²) in [5, 5.41) is 10.4. The van der Waals surface area contributed by atoms with Gasteiger partial charge in [0.05, 0.1) is 5.02 Å². The summed E-state index contributed by atoms with van der Waals surface area (Å²) in [7, 11) is 0. The van der Waals surface area contributed by atoms with Crippen LogP contribution in [-0.2, 0) is 0 Å². The predicted molar refractivity (Wildman–Crippen MR) is 72.4 cm³/mol. The molecule has 1 aromatic carbocycles. The first-order valence-electron chi connectivity index (χ1n) is 5.81. The van der Waals surface area contributed by atoms with Crippen LogP contribution in [0.1, 0.15) is 12.8 Å². The molecular weight excluding hydrogens is 275 g/mol. The number of hydrogen-bond acceptors (Lipinski definition) is 3. The first-order chi connectivity index (χ1) is 8.65. The van der Waals surface area contributed by atoms with E-state index in [2.05, 4.69) is 9.89 Å². The molecule has 3 rings (SSSR count). The van der Waals surface area contributed by atoms with Crippen LogP contribution < -0.4 is 0 Å². The number of hydrogen-bond donors (Lipinski definition) is 1. The van der Waals surface area contributed by atoms with Crippen LogP contribution in [-0.4, -0.2) is 33.5 Å². The molecule has 1 N–H and O–H groups in total. The number of halogens is 2. The highest BCUT2D eigenvalue weighted by Crippen LogP contribution is 2.36. The topological polar surface area (TPSA) is 35.8 Å². The second kappa shape index (κ2) is 4.63. The molecule has 1 atom stereocenters. The zero-order valence-corrected chi connectivity index (χ0v) is 11.1. The molecule has 0 bridgehead atoms. The number of benzene rings is 1. The number of thioether (sulfide) groups is 1. The molecule has 0 spiro atoms. The van der Waals surface area contributed by atoms with Gasteiger partial charge in [-0.3, -0.25) is 0 Å². The Balaban J connectivity index is 1.94. The lowest BCUT2D eigenvalue weighted by molar-refractivity contribution is 0.439. The number of fused-ring (bicyclic) bond motifs is 1. The molecule has 2 heterocycles. The molecule has 2 fully saturated rings. The minimum atomic E-state index is -0.506. The molecule has 2 aliphatic rings. The van der Waals surface area contributed by atoms with Gasteiger partial charge in [0.25, 0.3) is 0 Å². The van der Waals surface area contributed by atoms with Gasteiger partial charge >= 0.3 is 0 Å². The van der Waals surface area contributed by atoms with Crippen molar-refractivity contribution in [1.82, 2.24) is 4.90 Å². The maximum Gasteiger partial charge on any atom is 0.164 e. The van der Waals surface area contributed by atoms with Crippen molar-refractivity contribution in [2.45, 2.75) is 18.9 Å². The molecule has 1 aromatic rings. The van der Waals surface area contributed by atoms with Crippen molar-refractivity contribution in [3.63, 3.8) is 0 Å². The van der Waals surface area contributed by atoms with E-state index in [4.69, 9.17) is 11.6 Å². The number of aromatic hydroxyl groups is 1. The van der Waals surface area contributed by atoms with E-state index in [0.717, 1.165) is 23.5 Å². The van der Waals surface area contributed by atoms with Crippen LogP contribution >= 0.6 is 23.4 Å². The van der Waals surface area contributed by atoms with Gasteiger partial charge in [0, 0.05) is 24.4 Å². The quantitative estimate of drug-likeness (QED) is 0.860. The van der Waals surface area contributed by atoms with Crippen LogP contribution in [0.5, 0.6) is 5.75 Å². The molecule has 2 aliphatic heterocycles. The highest BCUT2D eigenvalue weighted by molar-refractivity contribution is 8.14. The van der Waals surface area contributed by atoms with Crippen LogP contribution in [0.4, 0.5) is 10.1 Å². The molecule has 0 amide bonds. The van der Waals surface area contributed by atoms with E-state index in [1.54, 1.807) is 11.8 Å². The third kappa shape index (κ3) is 2.06. The van der Waals surface area contributed by atoms with E-state index in [-0.39, 0.29) is 16.5 Å². The van der Waals surface area contributed by atoms with Gasteiger partial charge in [-0.2, -0.15) is 0 Å². The van der Waals surface area contributed by atoms with E-state index in [9.17, 15) is 9.50 Å². The largest absolute Gasteiger partial charge is 0.506 e. The van der Waals surface area contributed by atoms with Gasteiger partial charge in [-0.05, 0) is 18.9 Å². The van der Waals surface area contributed by atoms with E-state index in [1.165, 1.54) is 18.9 Å². The average molecular weight is 287 g/mol. The van der Waals surface area contributed by atoms with Gasteiger partial charge < -0.3 is 10.0 Å². The highest BCUT2D eigenvalue weighted by atomic mass is 35.5. The monoisotopic (exact) mass is 286 g/mol. The van der Waals surface area contributed by atoms with E-state index < -0.39 is 5.82 Å². The lowest BCUT2D eigenvalue weighted by Gasteiger charge is -2.16. The Bertz CT molecular complexity index is 523. The second-order valence-electron chi connectivity index (χ2n) is 4.45. The van der Waals surface area contributed by atoms with Gasteiger partial charge in [0.2, 0.25) is 0 Å². The van der Waals surface area contributed by atoms with Crippen molar-refractivity contribution in [2.75, 3.05) is 12.3 Å². The zero-order chi connectivity index (χ0) is 12.7. The normalized spacial score (nSPS) is 24.9. The van der Waals surface area contributed by atoms with Crippen molar-refractivity contribution >= 4 is 34.2 Å². The first kappa shape index (κ1) is 12.1. The van der Waals surface area contributed by atoms with Gasteiger partial charge in [-0.15, -0.1) is 0 Å². The number of amidine groups is 1. The third-order valence-corrected chi connectivity index (χ3v) is 4.70. The molecule has 0 aliphatic carbocycles. The maximum absolute atomic E-state index is 13.7. The Morgan fingerprint density at radius 3 is 3.17 bits per heavy atom. The summed E-state index contributed by atoms with van der Waals surface area (Å²) in [6.07, 6.45) is 2.35. The Kier molecular flexibility index (Phi) is 3.11. The van der Waals surface area contributed by atoms with Crippen LogP contribution in [0.2, 0.25) is 5.02 Å². The number of rotatable bonds is 1. The molecule has 0 radical (unpaired) electrons. The van der Waals surface area contributed by atoms with Gasteiger partial charge in [-0.25, -0.2) is 9.38 Å². The van der Waals surface area contributed by atoms with Crippen LogP contribution in [0.15, 0.2) is 17.1 Å². The van der Waals surface area contributed by atoms with Gasteiger partial charge in [0.1, 0.15) is 11.4 Å². The van der Waals surface area contributed by atoms with E-state index >= 15 is 0 Å². The average Bonchev–Trinajstić information content (AvgIpc) is 2.90. The summed E-state index contributed by atoms with van der Waals surface area (Å²) < 4.78 is 13.7. The van der Waals surface area contributed by atoms with Crippen LogP contribution in [0.3, 0.4) is 0 Å². The lowest BCUT2D eigenvalue weighted by Crippen LogP contribution is -2.27. The molecule has 0 unspecified atom stereocenters. The number of phenolic OH excluding ortho intramolecular Hbond substituents is 1. The fourth-order valence-electron chi connectivity index (χ4n) is 2.33. The summed E-state index contributed by atoms with van der Waals surface area (Å²) in [6.45, 7) is 0.984. The smallest absolute Gasteiger partial charge is 0.164 e. The number of phenols is 1. The summed E-state index contributed by atoms with van der Waals surface area (Å²) >= 11 is 7.28. The predicted octanol–water partition coefficient (Wildman–Crippen LogP) is 3.38. The molecule has 0 aromatic heterocycles. The summed E-state index contributed by atoms with van der Waals surface area (Å²) in [5.41, 5.74) is 0.145. The van der Waals surface area contributed by atoms with Crippen LogP contribution in [0, 0.1) is 5.82 Å². The maximum atomic E-state index is 13.7.